The summed E-state index contributed by atoms with van der Waals surface area (Å²) in [7, 11) is 0. The van der Waals surface area contributed by atoms with Crippen LogP contribution in [-0.2, 0) is 24.1 Å². The van der Waals surface area contributed by atoms with Gasteiger partial charge in [0.1, 0.15) is 0 Å². The molecule has 0 saturated heterocycles. The van der Waals surface area contributed by atoms with Crippen molar-refractivity contribution in [1.82, 2.24) is 21.0 Å². The van der Waals surface area contributed by atoms with Gasteiger partial charge in [0, 0.05) is 23.3 Å². The van der Waals surface area contributed by atoms with E-state index < -0.39 is 0 Å². The van der Waals surface area contributed by atoms with Crippen molar-refractivity contribution in [2.24, 2.45) is 5.92 Å². The molecule has 0 radical (unpaired) electrons. The Morgan fingerprint density at radius 3 is 2.83 bits per heavy atom. The average Bonchev–Trinajstić information content (AvgIpc) is 3.37. The molecule has 1 aliphatic rings. The zero-order valence-corrected chi connectivity index (χ0v) is 17.8. The number of nitrogens with zero attached hydrogens (tertiary/aromatic N) is 2. The minimum atomic E-state index is -0.312. The van der Waals surface area contributed by atoms with Crippen molar-refractivity contribution in [3.63, 3.8) is 0 Å². The molecule has 3 aromatic rings. The second kappa shape index (κ2) is 8.79. The molecule has 0 spiro atoms. The summed E-state index contributed by atoms with van der Waals surface area (Å²) in [6.45, 7) is 4.24. The van der Waals surface area contributed by atoms with Gasteiger partial charge in [-0.15, -0.1) is 11.3 Å². The van der Waals surface area contributed by atoms with Crippen molar-refractivity contribution in [3.05, 3.63) is 57.1 Å². The quantitative estimate of drug-likeness (QED) is 0.610. The maximum Gasteiger partial charge on any atom is 0.279 e. The van der Waals surface area contributed by atoms with Crippen molar-refractivity contribution in [2.75, 3.05) is 0 Å². The van der Waals surface area contributed by atoms with E-state index >= 15 is 0 Å². The smallest absolute Gasteiger partial charge is 0.279 e. The van der Waals surface area contributed by atoms with Gasteiger partial charge >= 0.3 is 0 Å². The molecule has 2 heterocycles. The lowest BCUT2D eigenvalue weighted by molar-refractivity contribution is -0.121. The lowest BCUT2D eigenvalue weighted by Gasteiger charge is -2.16. The number of carbonyl (C=O) groups is 2. The minimum absolute atomic E-state index is 0.133. The van der Waals surface area contributed by atoms with Crippen LogP contribution in [0.1, 0.15) is 51.3 Å². The third kappa shape index (κ3) is 4.76. The molecule has 2 amide bonds. The normalized spacial score (nSPS) is 15.5. The van der Waals surface area contributed by atoms with E-state index in [1.165, 1.54) is 21.8 Å². The number of aromatic nitrogens is 2. The van der Waals surface area contributed by atoms with Crippen LogP contribution in [0.3, 0.4) is 0 Å². The molecule has 0 aliphatic heterocycles. The van der Waals surface area contributed by atoms with Gasteiger partial charge in [-0.25, -0.2) is 0 Å². The number of carbonyl (C=O) groups excluding carboxylic acids is 2. The Morgan fingerprint density at radius 2 is 2.03 bits per heavy atom. The minimum Gasteiger partial charge on any atom is -0.339 e. The van der Waals surface area contributed by atoms with Gasteiger partial charge in [0.15, 0.2) is 0 Å². The maximum atomic E-state index is 12.4. The SMILES string of the molecule is Cc1ccc(-c2noc(CCC(=O)NNC(=O)c3cc4c(s3)CCC(C)C4)n2)cc1. The molecule has 1 unspecified atom stereocenters. The lowest BCUT2D eigenvalue weighted by atomic mass is 9.90. The van der Waals surface area contributed by atoms with E-state index in [2.05, 4.69) is 27.9 Å². The molecule has 1 aromatic carbocycles. The first-order chi connectivity index (χ1) is 14.5. The summed E-state index contributed by atoms with van der Waals surface area (Å²) in [5.41, 5.74) is 8.23. The van der Waals surface area contributed by atoms with Gasteiger partial charge in [-0.1, -0.05) is 41.9 Å². The Labute approximate surface area is 178 Å². The van der Waals surface area contributed by atoms with E-state index in [0.29, 0.717) is 28.9 Å². The van der Waals surface area contributed by atoms with Crippen LogP contribution in [0.2, 0.25) is 0 Å². The molecule has 30 heavy (non-hydrogen) atoms. The maximum absolute atomic E-state index is 12.4. The Bertz CT molecular complexity index is 1050. The molecule has 0 fully saturated rings. The zero-order valence-electron chi connectivity index (χ0n) is 17.0. The highest BCUT2D eigenvalue weighted by Crippen LogP contribution is 2.32. The number of fused-ring (bicyclic) bond motifs is 1. The van der Waals surface area contributed by atoms with Crippen molar-refractivity contribution in [2.45, 2.75) is 46.0 Å². The second-order valence-corrected chi connectivity index (χ2v) is 8.92. The van der Waals surface area contributed by atoms with E-state index in [-0.39, 0.29) is 18.2 Å². The molecule has 0 bridgehead atoms. The number of thiophene rings is 1. The highest BCUT2D eigenvalue weighted by molar-refractivity contribution is 7.14. The molecule has 2 aromatic heterocycles. The fourth-order valence-electron chi connectivity index (χ4n) is 3.47. The van der Waals surface area contributed by atoms with E-state index in [1.807, 2.05) is 37.3 Å². The summed E-state index contributed by atoms with van der Waals surface area (Å²) in [6.07, 6.45) is 3.63. The fourth-order valence-corrected chi connectivity index (χ4v) is 4.57. The number of hydrogen-bond acceptors (Lipinski definition) is 6. The largest absolute Gasteiger partial charge is 0.339 e. The Morgan fingerprint density at radius 1 is 1.23 bits per heavy atom. The summed E-state index contributed by atoms with van der Waals surface area (Å²) < 4.78 is 5.22. The number of nitrogens with one attached hydrogen (secondary N) is 2. The van der Waals surface area contributed by atoms with Gasteiger partial charge in [0.2, 0.25) is 17.6 Å². The van der Waals surface area contributed by atoms with Gasteiger partial charge in [0.25, 0.3) is 5.91 Å². The number of hydrazine groups is 1. The third-order valence-corrected chi connectivity index (χ3v) is 6.45. The van der Waals surface area contributed by atoms with Gasteiger partial charge in [-0.05, 0) is 43.7 Å². The van der Waals surface area contributed by atoms with Crippen LogP contribution in [-0.4, -0.2) is 22.0 Å². The lowest BCUT2D eigenvalue weighted by Crippen LogP contribution is -2.41. The monoisotopic (exact) mass is 424 g/mol. The molecule has 156 valence electrons. The van der Waals surface area contributed by atoms with Crippen LogP contribution in [0.4, 0.5) is 0 Å². The van der Waals surface area contributed by atoms with Crippen molar-refractivity contribution in [1.29, 1.82) is 0 Å². The predicted molar refractivity (Wildman–Crippen MR) is 114 cm³/mol. The van der Waals surface area contributed by atoms with E-state index in [1.54, 1.807) is 0 Å². The van der Waals surface area contributed by atoms with Crippen LogP contribution in [0.15, 0.2) is 34.9 Å². The molecule has 0 saturated carbocycles. The summed E-state index contributed by atoms with van der Waals surface area (Å²) >= 11 is 1.51. The van der Waals surface area contributed by atoms with Crippen LogP contribution in [0, 0.1) is 12.8 Å². The summed E-state index contributed by atoms with van der Waals surface area (Å²) in [5.74, 6) is 0.934. The van der Waals surface area contributed by atoms with Gasteiger partial charge in [-0.2, -0.15) is 4.98 Å². The fraction of sp³-hybridized carbons (Fsp3) is 0.364. The molecule has 1 aliphatic carbocycles. The van der Waals surface area contributed by atoms with Crippen LogP contribution >= 0.6 is 11.3 Å². The van der Waals surface area contributed by atoms with Crippen molar-refractivity contribution in [3.8, 4) is 11.4 Å². The van der Waals surface area contributed by atoms with Gasteiger partial charge < -0.3 is 4.52 Å². The van der Waals surface area contributed by atoms with E-state index in [0.717, 1.165) is 30.4 Å². The standard InChI is InChI=1S/C22H24N4O3S/c1-13-3-6-15(7-4-13)21-23-20(29-26-21)10-9-19(27)24-25-22(28)18-12-16-11-14(2)5-8-17(16)30-18/h3-4,6-7,12,14H,5,8-11H2,1-2H3,(H,24,27)(H,25,28). The first-order valence-corrected chi connectivity index (χ1v) is 10.9. The van der Waals surface area contributed by atoms with Crippen molar-refractivity contribution < 1.29 is 14.1 Å². The highest BCUT2D eigenvalue weighted by Gasteiger charge is 2.21. The summed E-state index contributed by atoms with van der Waals surface area (Å²) in [4.78, 5) is 30.7. The number of hydrogen-bond donors (Lipinski definition) is 2. The first kappa shape index (κ1) is 20.3. The molecule has 8 heteroatoms. The predicted octanol–water partition coefficient (Wildman–Crippen LogP) is 3.63. The number of benzene rings is 1. The number of aryl methyl sites for hydroxylation is 3. The molecule has 4 rings (SSSR count). The Hall–Kier alpha value is -3.00. The molecular weight excluding hydrogens is 400 g/mol. The number of rotatable bonds is 5. The molecule has 1 atom stereocenters. The van der Waals surface area contributed by atoms with Crippen LogP contribution < -0.4 is 10.9 Å². The molecule has 7 nitrogen and oxygen atoms in total. The zero-order chi connectivity index (χ0) is 21.1. The third-order valence-electron chi connectivity index (χ3n) is 5.21. The molecular formula is C22H24N4O3S. The van der Waals surface area contributed by atoms with Gasteiger partial charge in [-0.3, -0.25) is 20.4 Å². The summed E-state index contributed by atoms with van der Waals surface area (Å²) in [6, 6.07) is 9.75. The van der Waals surface area contributed by atoms with Crippen LogP contribution in [0.25, 0.3) is 11.4 Å². The first-order valence-electron chi connectivity index (χ1n) is 10.1. The van der Waals surface area contributed by atoms with Gasteiger partial charge in [0.05, 0.1) is 4.88 Å². The van der Waals surface area contributed by atoms with E-state index in [4.69, 9.17) is 4.52 Å². The van der Waals surface area contributed by atoms with Crippen LogP contribution in [0.5, 0.6) is 0 Å². The molecule has 2 N–H and O–H groups in total. The second-order valence-electron chi connectivity index (χ2n) is 7.79. The Balaban J connectivity index is 1.25. The summed E-state index contributed by atoms with van der Waals surface area (Å²) in [5, 5.41) is 3.96. The van der Waals surface area contributed by atoms with E-state index in [9.17, 15) is 9.59 Å². The van der Waals surface area contributed by atoms with Crippen molar-refractivity contribution >= 4 is 23.2 Å². The highest BCUT2D eigenvalue weighted by atomic mass is 32.1. The average molecular weight is 425 g/mol. The number of amides is 2. The topological polar surface area (TPSA) is 97.1 Å². The Kier molecular flexibility index (Phi) is 5.94.